The van der Waals surface area contributed by atoms with E-state index in [1.807, 2.05) is 54.6 Å². The summed E-state index contributed by atoms with van der Waals surface area (Å²) in [6.45, 7) is 6.09. The van der Waals surface area contributed by atoms with E-state index in [1.54, 1.807) is 25.2 Å². The third kappa shape index (κ3) is 7.02. The summed E-state index contributed by atoms with van der Waals surface area (Å²) in [7, 11) is 1.56. The molecule has 2 amide bonds. The third-order valence-electron chi connectivity index (χ3n) is 5.95. The molecule has 0 saturated carbocycles. The Morgan fingerprint density at radius 1 is 0.917 bits per heavy atom. The van der Waals surface area contributed by atoms with Gasteiger partial charge >= 0.3 is 0 Å². The molecule has 0 aromatic heterocycles. The quantitative estimate of drug-likeness (QED) is 0.368. The Bertz CT molecular complexity index is 1170. The van der Waals surface area contributed by atoms with Gasteiger partial charge in [-0.05, 0) is 34.7 Å². The second kappa shape index (κ2) is 12.3. The molecule has 0 aliphatic heterocycles. The zero-order valence-electron chi connectivity index (χ0n) is 21.1. The van der Waals surface area contributed by atoms with Gasteiger partial charge in [-0.3, -0.25) is 9.59 Å². The molecule has 3 aromatic carbocycles. The molecule has 36 heavy (non-hydrogen) atoms. The molecule has 3 aromatic rings. The van der Waals surface area contributed by atoms with Gasteiger partial charge in [0.2, 0.25) is 5.91 Å². The van der Waals surface area contributed by atoms with Crippen molar-refractivity contribution in [2.45, 2.75) is 45.2 Å². The molecular formula is C29H32Cl2N2O3. The van der Waals surface area contributed by atoms with Crippen LogP contribution in [0.2, 0.25) is 10.0 Å². The first-order valence-electron chi connectivity index (χ1n) is 11.8. The lowest BCUT2D eigenvalue weighted by molar-refractivity contribution is -0.142. The van der Waals surface area contributed by atoms with Gasteiger partial charge in [0.25, 0.3) is 5.91 Å². The fourth-order valence-electron chi connectivity index (χ4n) is 4.01. The van der Waals surface area contributed by atoms with E-state index in [0.717, 1.165) is 11.1 Å². The summed E-state index contributed by atoms with van der Waals surface area (Å²) in [5.74, 6) is -0.00155. The van der Waals surface area contributed by atoms with Gasteiger partial charge in [0, 0.05) is 35.6 Å². The summed E-state index contributed by atoms with van der Waals surface area (Å²) in [5.41, 5.74) is 2.33. The van der Waals surface area contributed by atoms with Crippen molar-refractivity contribution in [3.8, 4) is 5.75 Å². The van der Waals surface area contributed by atoms with Crippen LogP contribution in [0.1, 0.15) is 37.5 Å². The van der Waals surface area contributed by atoms with Crippen LogP contribution < -0.4 is 10.1 Å². The molecule has 1 N–H and O–H groups in total. The van der Waals surface area contributed by atoms with Crippen LogP contribution in [0.5, 0.6) is 5.75 Å². The van der Waals surface area contributed by atoms with Gasteiger partial charge in [-0.1, -0.05) is 98.6 Å². The van der Waals surface area contributed by atoms with Crippen LogP contribution in [0.25, 0.3) is 0 Å². The van der Waals surface area contributed by atoms with Gasteiger partial charge in [-0.2, -0.15) is 0 Å². The van der Waals surface area contributed by atoms with Gasteiger partial charge in [0.1, 0.15) is 11.8 Å². The Labute approximate surface area is 223 Å². The molecular weight excluding hydrogens is 495 g/mol. The van der Waals surface area contributed by atoms with Crippen molar-refractivity contribution in [3.05, 3.63) is 99.5 Å². The number of amides is 2. The lowest BCUT2D eigenvalue weighted by atomic mass is 9.86. The number of likely N-dealkylation sites (N-methyl/N-ethyl adjacent to an activating group) is 1. The summed E-state index contributed by atoms with van der Waals surface area (Å²) in [5, 5.41) is 3.55. The van der Waals surface area contributed by atoms with Crippen LogP contribution in [0.15, 0.2) is 72.8 Å². The zero-order chi connectivity index (χ0) is 26.3. The Morgan fingerprint density at radius 3 is 2.14 bits per heavy atom. The number of nitrogens with zero attached hydrogens (tertiary/aromatic N) is 1. The summed E-state index contributed by atoms with van der Waals surface area (Å²) >= 11 is 12.9. The van der Waals surface area contributed by atoms with E-state index in [-0.39, 0.29) is 30.4 Å². The number of carbonyl (C=O) groups excluding carboxylic acids is 2. The lowest BCUT2D eigenvalue weighted by Crippen LogP contribution is -2.51. The first kappa shape index (κ1) is 27.6. The van der Waals surface area contributed by atoms with Crippen LogP contribution in [0, 0.1) is 0 Å². The molecule has 0 bridgehead atoms. The molecule has 7 heteroatoms. The molecule has 0 aliphatic carbocycles. The van der Waals surface area contributed by atoms with Crippen LogP contribution in [0.3, 0.4) is 0 Å². The maximum atomic E-state index is 13.7. The first-order chi connectivity index (χ1) is 17.1. The molecule has 190 valence electrons. The normalized spacial score (nSPS) is 12.1. The second-order valence-electron chi connectivity index (χ2n) is 9.58. The Morgan fingerprint density at radius 2 is 1.53 bits per heavy atom. The minimum atomic E-state index is -0.793. The van der Waals surface area contributed by atoms with E-state index in [2.05, 4.69) is 26.1 Å². The van der Waals surface area contributed by atoms with Crippen LogP contribution in [-0.2, 0) is 28.0 Å². The van der Waals surface area contributed by atoms with Crippen LogP contribution in [0.4, 0.5) is 0 Å². The number of hydrogen-bond donors (Lipinski definition) is 1. The highest BCUT2D eigenvalue weighted by Gasteiger charge is 2.31. The Hall–Kier alpha value is -3.02. The van der Waals surface area contributed by atoms with E-state index >= 15 is 0 Å². The lowest BCUT2D eigenvalue weighted by Gasteiger charge is -2.32. The van der Waals surface area contributed by atoms with Gasteiger partial charge in [0.15, 0.2) is 6.61 Å². The fraction of sp³-hybridized carbons (Fsp3) is 0.310. The average molecular weight is 527 g/mol. The SMILES string of the molecule is CNC(=O)[C@H](Cc1ccccc1)N(Cc1c(Cl)cccc1Cl)C(=O)COc1ccccc1C(C)(C)C. The van der Waals surface area contributed by atoms with E-state index < -0.39 is 6.04 Å². The highest BCUT2D eigenvalue weighted by Crippen LogP contribution is 2.31. The molecule has 1 atom stereocenters. The van der Waals surface area contributed by atoms with Crippen molar-refractivity contribution in [1.29, 1.82) is 0 Å². The van der Waals surface area contributed by atoms with E-state index in [4.69, 9.17) is 27.9 Å². The van der Waals surface area contributed by atoms with E-state index in [0.29, 0.717) is 27.8 Å². The zero-order valence-corrected chi connectivity index (χ0v) is 22.6. The summed E-state index contributed by atoms with van der Waals surface area (Å²) in [4.78, 5) is 28.3. The standard InChI is InChI=1S/C29H32Cl2N2O3/c1-29(2,3)22-13-8-9-16-26(22)36-19-27(34)33(18-21-23(30)14-10-15-24(21)31)25(28(35)32-4)17-20-11-6-5-7-12-20/h5-16,25H,17-19H2,1-4H3,(H,32,35)/t25-/m0/s1. The Balaban J connectivity index is 1.95. The van der Waals surface area contributed by atoms with Crippen molar-refractivity contribution in [2.75, 3.05) is 13.7 Å². The maximum absolute atomic E-state index is 13.7. The molecule has 0 aliphatic rings. The third-order valence-corrected chi connectivity index (χ3v) is 6.66. The number of benzene rings is 3. The Kier molecular flexibility index (Phi) is 9.41. The van der Waals surface area contributed by atoms with Gasteiger partial charge in [-0.15, -0.1) is 0 Å². The van der Waals surface area contributed by atoms with Gasteiger partial charge in [-0.25, -0.2) is 0 Å². The molecule has 0 unspecified atom stereocenters. The smallest absolute Gasteiger partial charge is 0.261 e. The number of nitrogens with one attached hydrogen (secondary N) is 1. The topological polar surface area (TPSA) is 58.6 Å². The highest BCUT2D eigenvalue weighted by molar-refractivity contribution is 6.36. The predicted octanol–water partition coefficient (Wildman–Crippen LogP) is 6.06. The largest absolute Gasteiger partial charge is 0.483 e. The molecule has 0 fully saturated rings. The fourth-order valence-corrected chi connectivity index (χ4v) is 4.53. The minimum absolute atomic E-state index is 0.0620. The van der Waals surface area contributed by atoms with Crippen molar-refractivity contribution in [2.24, 2.45) is 0 Å². The molecule has 3 rings (SSSR count). The average Bonchev–Trinajstić information content (AvgIpc) is 2.86. The van der Waals surface area contributed by atoms with Crippen molar-refractivity contribution in [1.82, 2.24) is 10.2 Å². The van der Waals surface area contributed by atoms with Crippen LogP contribution >= 0.6 is 23.2 Å². The minimum Gasteiger partial charge on any atom is -0.483 e. The van der Waals surface area contributed by atoms with Crippen molar-refractivity contribution < 1.29 is 14.3 Å². The van der Waals surface area contributed by atoms with Gasteiger partial charge in [0.05, 0.1) is 0 Å². The summed E-state index contributed by atoms with van der Waals surface area (Å²) in [6, 6.07) is 21.6. The first-order valence-corrected chi connectivity index (χ1v) is 12.6. The van der Waals surface area contributed by atoms with Crippen molar-refractivity contribution in [3.63, 3.8) is 0 Å². The number of rotatable bonds is 9. The number of carbonyl (C=O) groups is 2. The monoisotopic (exact) mass is 526 g/mol. The van der Waals surface area contributed by atoms with E-state index in [1.165, 1.54) is 4.90 Å². The molecule has 5 nitrogen and oxygen atoms in total. The molecule has 0 spiro atoms. The maximum Gasteiger partial charge on any atom is 0.261 e. The number of halogens is 2. The van der Waals surface area contributed by atoms with E-state index in [9.17, 15) is 9.59 Å². The number of ether oxygens (including phenoxy) is 1. The molecule has 0 radical (unpaired) electrons. The second-order valence-corrected chi connectivity index (χ2v) is 10.4. The highest BCUT2D eigenvalue weighted by atomic mass is 35.5. The molecule has 0 heterocycles. The summed E-state index contributed by atoms with van der Waals surface area (Å²) in [6.07, 6.45) is 0.326. The summed E-state index contributed by atoms with van der Waals surface area (Å²) < 4.78 is 6.03. The predicted molar refractivity (Wildman–Crippen MR) is 146 cm³/mol. The van der Waals surface area contributed by atoms with Gasteiger partial charge < -0.3 is 15.0 Å². The van der Waals surface area contributed by atoms with Crippen LogP contribution in [-0.4, -0.2) is 36.4 Å². The number of hydrogen-bond acceptors (Lipinski definition) is 3. The number of para-hydroxylation sites is 1. The molecule has 0 saturated heterocycles. The van der Waals surface area contributed by atoms with Crippen molar-refractivity contribution >= 4 is 35.0 Å².